The van der Waals surface area contributed by atoms with Crippen LogP contribution in [0.2, 0.25) is 5.02 Å². The standard InChI is InChI=1S/C15H16ClN5O2/c16-12-3-1-2-10(6-12)7-17-14(22)9-21-8-13(19-20-21)18-15(23)11-4-5-11/h1-3,6,8,11H,4-5,7,9H2,(H,17,22)(H,18,23). The Morgan fingerprint density at radius 1 is 1.35 bits per heavy atom. The molecule has 120 valence electrons. The summed E-state index contributed by atoms with van der Waals surface area (Å²) in [6.07, 6.45) is 3.39. The Balaban J connectivity index is 1.47. The number of rotatable bonds is 6. The third-order valence-electron chi connectivity index (χ3n) is 3.42. The summed E-state index contributed by atoms with van der Waals surface area (Å²) >= 11 is 5.89. The summed E-state index contributed by atoms with van der Waals surface area (Å²) in [5, 5.41) is 13.8. The molecule has 1 fully saturated rings. The molecular weight excluding hydrogens is 318 g/mol. The highest BCUT2D eigenvalue weighted by molar-refractivity contribution is 6.30. The maximum atomic E-state index is 11.9. The van der Waals surface area contributed by atoms with E-state index in [1.165, 1.54) is 4.68 Å². The zero-order chi connectivity index (χ0) is 16.2. The van der Waals surface area contributed by atoms with Gasteiger partial charge in [0.2, 0.25) is 11.8 Å². The van der Waals surface area contributed by atoms with Gasteiger partial charge in [0, 0.05) is 17.5 Å². The number of hydrogen-bond donors (Lipinski definition) is 2. The minimum atomic E-state index is -0.199. The molecule has 0 saturated heterocycles. The molecule has 0 radical (unpaired) electrons. The highest BCUT2D eigenvalue weighted by atomic mass is 35.5. The number of nitrogens with one attached hydrogen (secondary N) is 2. The number of hydrogen-bond acceptors (Lipinski definition) is 4. The van der Waals surface area contributed by atoms with Crippen molar-refractivity contribution in [1.29, 1.82) is 0 Å². The Kier molecular flexibility index (Phi) is 4.57. The first-order valence-corrected chi connectivity index (χ1v) is 7.70. The molecule has 1 saturated carbocycles. The minimum Gasteiger partial charge on any atom is -0.350 e. The van der Waals surface area contributed by atoms with Gasteiger partial charge in [-0.1, -0.05) is 28.9 Å². The molecule has 23 heavy (non-hydrogen) atoms. The first-order chi connectivity index (χ1) is 11.1. The Morgan fingerprint density at radius 2 is 2.17 bits per heavy atom. The van der Waals surface area contributed by atoms with Gasteiger partial charge in [-0.2, -0.15) is 0 Å². The third-order valence-corrected chi connectivity index (χ3v) is 3.66. The van der Waals surface area contributed by atoms with Crippen molar-refractivity contribution in [2.45, 2.75) is 25.9 Å². The van der Waals surface area contributed by atoms with Crippen LogP contribution in [0.1, 0.15) is 18.4 Å². The molecule has 3 rings (SSSR count). The molecule has 0 unspecified atom stereocenters. The lowest BCUT2D eigenvalue weighted by Crippen LogP contribution is -2.27. The fourth-order valence-electron chi connectivity index (χ4n) is 2.06. The number of anilines is 1. The van der Waals surface area contributed by atoms with Crippen molar-refractivity contribution in [3.63, 3.8) is 0 Å². The van der Waals surface area contributed by atoms with E-state index in [2.05, 4.69) is 20.9 Å². The number of aromatic nitrogens is 3. The second-order valence-electron chi connectivity index (χ2n) is 5.47. The van der Waals surface area contributed by atoms with Crippen LogP contribution >= 0.6 is 11.6 Å². The lowest BCUT2D eigenvalue weighted by atomic mass is 10.2. The number of carbonyl (C=O) groups excluding carboxylic acids is 2. The Bertz CT molecular complexity index is 726. The molecule has 0 spiro atoms. The van der Waals surface area contributed by atoms with Crippen LogP contribution in [0, 0.1) is 5.92 Å². The Hall–Kier alpha value is -2.41. The first kappa shape index (κ1) is 15.5. The molecule has 0 atom stereocenters. The van der Waals surface area contributed by atoms with Crippen LogP contribution in [-0.2, 0) is 22.7 Å². The summed E-state index contributed by atoms with van der Waals surface area (Å²) in [4.78, 5) is 23.5. The van der Waals surface area contributed by atoms with Crippen molar-refractivity contribution in [2.24, 2.45) is 5.92 Å². The van der Waals surface area contributed by atoms with Gasteiger partial charge in [-0.25, -0.2) is 4.68 Å². The van der Waals surface area contributed by atoms with E-state index < -0.39 is 0 Å². The van der Waals surface area contributed by atoms with Gasteiger partial charge in [0.15, 0.2) is 5.82 Å². The second kappa shape index (κ2) is 6.78. The largest absolute Gasteiger partial charge is 0.350 e. The highest BCUT2D eigenvalue weighted by Crippen LogP contribution is 2.29. The predicted molar refractivity (Wildman–Crippen MR) is 84.7 cm³/mol. The lowest BCUT2D eigenvalue weighted by molar-refractivity contribution is -0.122. The van der Waals surface area contributed by atoms with E-state index >= 15 is 0 Å². The number of nitrogens with zero attached hydrogens (tertiary/aromatic N) is 3. The van der Waals surface area contributed by atoms with Crippen LogP contribution < -0.4 is 10.6 Å². The van der Waals surface area contributed by atoms with Crippen molar-refractivity contribution < 1.29 is 9.59 Å². The summed E-state index contributed by atoms with van der Waals surface area (Å²) in [6, 6.07) is 7.28. The smallest absolute Gasteiger partial charge is 0.242 e. The summed E-state index contributed by atoms with van der Waals surface area (Å²) < 4.78 is 1.38. The van der Waals surface area contributed by atoms with Gasteiger partial charge in [0.25, 0.3) is 0 Å². The van der Waals surface area contributed by atoms with Crippen molar-refractivity contribution in [2.75, 3.05) is 5.32 Å². The number of halogens is 1. The minimum absolute atomic E-state index is 0.0346. The molecule has 1 heterocycles. The monoisotopic (exact) mass is 333 g/mol. The van der Waals surface area contributed by atoms with Gasteiger partial charge in [-0.3, -0.25) is 9.59 Å². The molecule has 1 aliphatic carbocycles. The van der Waals surface area contributed by atoms with E-state index in [-0.39, 0.29) is 24.3 Å². The number of carbonyl (C=O) groups is 2. The normalized spacial score (nSPS) is 13.6. The van der Waals surface area contributed by atoms with Gasteiger partial charge < -0.3 is 10.6 Å². The number of amides is 2. The fourth-order valence-corrected chi connectivity index (χ4v) is 2.27. The van der Waals surface area contributed by atoms with E-state index in [1.54, 1.807) is 18.3 Å². The molecule has 1 aliphatic rings. The zero-order valence-corrected chi connectivity index (χ0v) is 13.1. The fraction of sp³-hybridized carbons (Fsp3) is 0.333. The van der Waals surface area contributed by atoms with Crippen LogP contribution in [0.5, 0.6) is 0 Å². The molecule has 7 nitrogen and oxygen atoms in total. The van der Waals surface area contributed by atoms with Gasteiger partial charge in [0.05, 0.1) is 6.20 Å². The van der Waals surface area contributed by atoms with Crippen molar-refractivity contribution >= 4 is 29.2 Å². The Labute approximate surface area is 138 Å². The van der Waals surface area contributed by atoms with Crippen molar-refractivity contribution in [1.82, 2.24) is 20.3 Å². The Morgan fingerprint density at radius 3 is 2.91 bits per heavy atom. The zero-order valence-electron chi connectivity index (χ0n) is 12.3. The summed E-state index contributed by atoms with van der Waals surface area (Å²) in [6.45, 7) is 0.423. The van der Waals surface area contributed by atoms with E-state index in [1.807, 2.05) is 12.1 Å². The SMILES string of the molecule is O=C(Cn1cc(NC(=O)C2CC2)nn1)NCc1cccc(Cl)c1. The van der Waals surface area contributed by atoms with Gasteiger partial charge in [0.1, 0.15) is 6.54 Å². The molecule has 0 bridgehead atoms. The molecule has 8 heteroatoms. The maximum Gasteiger partial charge on any atom is 0.242 e. The molecule has 0 aliphatic heterocycles. The number of benzene rings is 1. The first-order valence-electron chi connectivity index (χ1n) is 7.32. The van der Waals surface area contributed by atoms with Crippen LogP contribution in [0.3, 0.4) is 0 Å². The highest BCUT2D eigenvalue weighted by Gasteiger charge is 2.30. The van der Waals surface area contributed by atoms with E-state index in [9.17, 15) is 9.59 Å². The van der Waals surface area contributed by atoms with E-state index in [0.29, 0.717) is 17.4 Å². The molecule has 2 amide bonds. The topological polar surface area (TPSA) is 88.9 Å². The van der Waals surface area contributed by atoms with Crippen LogP contribution in [0.15, 0.2) is 30.5 Å². The molecule has 2 aromatic rings. The van der Waals surface area contributed by atoms with Gasteiger partial charge in [-0.05, 0) is 30.5 Å². The second-order valence-corrected chi connectivity index (χ2v) is 5.91. The summed E-state index contributed by atoms with van der Waals surface area (Å²) in [5.41, 5.74) is 0.918. The lowest BCUT2D eigenvalue weighted by Gasteiger charge is -2.05. The van der Waals surface area contributed by atoms with Crippen LogP contribution in [0.25, 0.3) is 0 Å². The summed E-state index contributed by atoms with van der Waals surface area (Å²) in [5.74, 6) is 0.225. The predicted octanol–water partition coefficient (Wildman–Crippen LogP) is 1.60. The summed E-state index contributed by atoms with van der Waals surface area (Å²) in [7, 11) is 0. The third kappa shape index (κ3) is 4.53. The molecule has 1 aromatic carbocycles. The van der Waals surface area contributed by atoms with E-state index in [4.69, 9.17) is 11.6 Å². The maximum absolute atomic E-state index is 11.9. The van der Waals surface area contributed by atoms with Gasteiger partial charge in [-0.15, -0.1) is 5.10 Å². The average Bonchev–Trinajstić information content (AvgIpc) is 3.28. The van der Waals surface area contributed by atoms with Gasteiger partial charge >= 0.3 is 0 Å². The van der Waals surface area contributed by atoms with Crippen molar-refractivity contribution in [3.8, 4) is 0 Å². The molecular formula is C15H16ClN5O2. The van der Waals surface area contributed by atoms with Crippen LogP contribution in [0.4, 0.5) is 5.82 Å². The quantitative estimate of drug-likeness (QED) is 0.840. The van der Waals surface area contributed by atoms with E-state index in [0.717, 1.165) is 18.4 Å². The molecule has 2 N–H and O–H groups in total. The van der Waals surface area contributed by atoms with Crippen LogP contribution in [-0.4, -0.2) is 26.8 Å². The van der Waals surface area contributed by atoms with Crippen molar-refractivity contribution in [3.05, 3.63) is 41.0 Å². The average molecular weight is 334 g/mol. The molecule has 1 aromatic heterocycles.